The lowest BCUT2D eigenvalue weighted by molar-refractivity contribution is -0.136. The maximum atomic E-state index is 10.7. The quantitative estimate of drug-likeness (QED) is 0.816. The van der Waals surface area contributed by atoms with Crippen LogP contribution in [0.5, 0.6) is 0 Å². The van der Waals surface area contributed by atoms with Gasteiger partial charge in [-0.1, -0.05) is 18.2 Å². The fourth-order valence-electron chi connectivity index (χ4n) is 1.26. The number of carboxylic acids is 2. The molecular weight excluding hydrogens is 208 g/mol. The number of benzene rings is 1. The topological polar surface area (TPSA) is 74.6 Å². The summed E-state index contributed by atoms with van der Waals surface area (Å²) in [5, 5.41) is 17.3. The summed E-state index contributed by atoms with van der Waals surface area (Å²) < 4.78 is 0. The van der Waals surface area contributed by atoms with Crippen molar-refractivity contribution in [1.29, 1.82) is 0 Å². The average Bonchev–Trinajstić information content (AvgIpc) is 2.26. The fraction of sp³-hybridized carbons (Fsp3) is 0.167. The van der Waals surface area contributed by atoms with Crippen LogP contribution >= 0.6 is 0 Å². The van der Waals surface area contributed by atoms with E-state index in [0.29, 0.717) is 0 Å². The molecule has 2 N–H and O–H groups in total. The highest BCUT2D eigenvalue weighted by molar-refractivity contribution is 5.89. The minimum atomic E-state index is -0.993. The van der Waals surface area contributed by atoms with Gasteiger partial charge in [0.2, 0.25) is 0 Å². The van der Waals surface area contributed by atoms with Crippen LogP contribution in [0, 0.1) is 0 Å². The number of rotatable bonds is 4. The third kappa shape index (κ3) is 3.24. The molecule has 0 aliphatic heterocycles. The van der Waals surface area contributed by atoms with Crippen LogP contribution < -0.4 is 0 Å². The van der Waals surface area contributed by atoms with Gasteiger partial charge in [0.05, 0.1) is 12.0 Å². The Morgan fingerprint density at radius 2 is 1.88 bits per heavy atom. The smallest absolute Gasteiger partial charge is 0.335 e. The molecule has 0 radical (unpaired) electrons. The van der Waals surface area contributed by atoms with Crippen molar-refractivity contribution < 1.29 is 19.8 Å². The molecule has 0 saturated carbocycles. The summed E-state index contributed by atoms with van der Waals surface area (Å²) in [6.45, 7) is 1.75. The zero-order valence-electron chi connectivity index (χ0n) is 8.80. The van der Waals surface area contributed by atoms with Crippen molar-refractivity contribution in [3.63, 3.8) is 0 Å². The first-order valence-electron chi connectivity index (χ1n) is 4.73. The number of hydrogen-bond donors (Lipinski definition) is 2. The monoisotopic (exact) mass is 220 g/mol. The summed E-state index contributed by atoms with van der Waals surface area (Å²) in [7, 11) is 0. The van der Waals surface area contributed by atoms with E-state index in [-0.39, 0.29) is 12.0 Å². The van der Waals surface area contributed by atoms with Crippen LogP contribution in [0.4, 0.5) is 0 Å². The van der Waals surface area contributed by atoms with Crippen molar-refractivity contribution in [2.75, 3.05) is 0 Å². The molecule has 0 unspecified atom stereocenters. The maximum Gasteiger partial charge on any atom is 0.335 e. The molecule has 0 aromatic heterocycles. The Balaban J connectivity index is 2.95. The second kappa shape index (κ2) is 5.11. The van der Waals surface area contributed by atoms with Crippen LogP contribution in [0.2, 0.25) is 0 Å². The average molecular weight is 220 g/mol. The lowest BCUT2D eigenvalue weighted by atomic mass is 10.0. The SMILES string of the molecule is C/C(=C\CC(=O)O)c1cccc(C(=O)O)c1. The molecule has 84 valence electrons. The van der Waals surface area contributed by atoms with Gasteiger partial charge in [0.1, 0.15) is 0 Å². The van der Waals surface area contributed by atoms with Gasteiger partial charge in [-0.2, -0.15) is 0 Å². The standard InChI is InChI=1S/C12H12O4/c1-8(5-6-11(13)14)9-3-2-4-10(7-9)12(15)16/h2-5,7H,6H2,1H3,(H,13,14)(H,15,16)/b8-5+. The van der Waals surface area contributed by atoms with E-state index in [1.165, 1.54) is 12.1 Å². The Morgan fingerprint density at radius 3 is 2.44 bits per heavy atom. The van der Waals surface area contributed by atoms with Crippen LogP contribution in [0.15, 0.2) is 30.3 Å². The molecule has 0 amide bonds. The zero-order chi connectivity index (χ0) is 12.1. The number of allylic oxidation sites excluding steroid dienone is 1. The molecule has 0 aliphatic carbocycles. The van der Waals surface area contributed by atoms with Crippen LogP contribution in [0.3, 0.4) is 0 Å². The molecule has 0 bridgehead atoms. The Hall–Kier alpha value is -2.10. The van der Waals surface area contributed by atoms with Gasteiger partial charge < -0.3 is 10.2 Å². The summed E-state index contributed by atoms with van der Waals surface area (Å²) in [6.07, 6.45) is 1.49. The highest BCUT2D eigenvalue weighted by Gasteiger charge is 2.04. The third-order valence-electron chi connectivity index (χ3n) is 2.15. The van der Waals surface area contributed by atoms with Crippen molar-refractivity contribution >= 4 is 17.5 Å². The molecule has 0 spiro atoms. The largest absolute Gasteiger partial charge is 0.481 e. The second-order valence-electron chi connectivity index (χ2n) is 3.37. The van der Waals surface area contributed by atoms with Crippen LogP contribution in [0.25, 0.3) is 5.57 Å². The van der Waals surface area contributed by atoms with E-state index in [4.69, 9.17) is 10.2 Å². The number of hydrogen-bond acceptors (Lipinski definition) is 2. The van der Waals surface area contributed by atoms with Crippen molar-refractivity contribution in [3.8, 4) is 0 Å². The Bertz CT molecular complexity index is 446. The minimum Gasteiger partial charge on any atom is -0.481 e. The third-order valence-corrected chi connectivity index (χ3v) is 2.15. The normalized spacial score (nSPS) is 11.2. The first-order valence-corrected chi connectivity index (χ1v) is 4.73. The molecule has 1 aromatic carbocycles. The molecule has 4 nitrogen and oxygen atoms in total. The Kier molecular flexibility index (Phi) is 3.83. The van der Waals surface area contributed by atoms with Crippen molar-refractivity contribution in [3.05, 3.63) is 41.5 Å². The second-order valence-corrected chi connectivity index (χ2v) is 3.37. The lowest BCUT2D eigenvalue weighted by Crippen LogP contribution is -1.97. The predicted molar refractivity (Wildman–Crippen MR) is 59.3 cm³/mol. The van der Waals surface area contributed by atoms with Crippen LogP contribution in [-0.2, 0) is 4.79 Å². The number of aromatic carboxylic acids is 1. The Labute approximate surface area is 92.8 Å². The summed E-state index contributed by atoms with van der Waals surface area (Å²) in [5.41, 5.74) is 1.67. The highest BCUT2D eigenvalue weighted by Crippen LogP contribution is 2.16. The van der Waals surface area contributed by atoms with E-state index in [1.807, 2.05) is 0 Å². The Morgan fingerprint density at radius 1 is 1.25 bits per heavy atom. The number of aliphatic carboxylic acids is 1. The number of carbonyl (C=O) groups is 2. The molecule has 4 heteroatoms. The van der Waals surface area contributed by atoms with Crippen molar-refractivity contribution in [1.82, 2.24) is 0 Å². The molecule has 0 aliphatic rings. The maximum absolute atomic E-state index is 10.7. The molecule has 16 heavy (non-hydrogen) atoms. The van der Waals surface area contributed by atoms with Gasteiger partial charge in [-0.15, -0.1) is 0 Å². The van der Waals surface area contributed by atoms with Crippen molar-refractivity contribution in [2.45, 2.75) is 13.3 Å². The van der Waals surface area contributed by atoms with E-state index in [0.717, 1.165) is 11.1 Å². The molecule has 0 atom stereocenters. The van der Waals surface area contributed by atoms with E-state index in [1.54, 1.807) is 25.1 Å². The van der Waals surface area contributed by atoms with Gasteiger partial charge in [-0.05, 0) is 30.2 Å². The fourth-order valence-corrected chi connectivity index (χ4v) is 1.26. The van der Waals surface area contributed by atoms with E-state index < -0.39 is 11.9 Å². The van der Waals surface area contributed by atoms with Crippen molar-refractivity contribution in [2.24, 2.45) is 0 Å². The minimum absolute atomic E-state index is 0.0663. The molecule has 1 rings (SSSR count). The van der Waals surface area contributed by atoms with E-state index in [9.17, 15) is 9.59 Å². The molecule has 0 fully saturated rings. The predicted octanol–water partition coefficient (Wildman–Crippen LogP) is 2.26. The van der Waals surface area contributed by atoms with E-state index >= 15 is 0 Å². The zero-order valence-corrected chi connectivity index (χ0v) is 8.80. The van der Waals surface area contributed by atoms with Gasteiger partial charge in [0.15, 0.2) is 0 Å². The summed E-state index contributed by atoms with van der Waals surface area (Å²) >= 11 is 0. The summed E-state index contributed by atoms with van der Waals surface area (Å²) in [4.78, 5) is 21.1. The van der Waals surface area contributed by atoms with Gasteiger partial charge in [0.25, 0.3) is 0 Å². The summed E-state index contributed by atoms with van der Waals surface area (Å²) in [5.74, 6) is -1.90. The first kappa shape index (κ1) is 12.0. The first-order chi connectivity index (χ1) is 7.50. The van der Waals surface area contributed by atoms with Gasteiger partial charge in [0, 0.05) is 0 Å². The lowest BCUT2D eigenvalue weighted by Gasteiger charge is -2.02. The van der Waals surface area contributed by atoms with Gasteiger partial charge >= 0.3 is 11.9 Å². The molecule has 0 saturated heterocycles. The van der Waals surface area contributed by atoms with Gasteiger partial charge in [-0.3, -0.25) is 4.79 Å². The van der Waals surface area contributed by atoms with Crippen LogP contribution in [-0.4, -0.2) is 22.2 Å². The van der Waals surface area contributed by atoms with E-state index in [2.05, 4.69) is 0 Å². The molecular formula is C12H12O4. The number of carboxylic acid groups (broad SMARTS) is 2. The van der Waals surface area contributed by atoms with Crippen LogP contribution in [0.1, 0.15) is 29.3 Å². The summed E-state index contributed by atoms with van der Waals surface area (Å²) in [6, 6.07) is 6.41. The molecule has 1 aromatic rings. The highest BCUT2D eigenvalue weighted by atomic mass is 16.4. The van der Waals surface area contributed by atoms with Gasteiger partial charge in [-0.25, -0.2) is 4.79 Å². The molecule has 0 heterocycles.